The smallest absolute Gasteiger partial charge is 0.417 e. The fourth-order valence-electron chi connectivity index (χ4n) is 4.88. The first-order valence-electron chi connectivity index (χ1n) is 14.0. The summed E-state index contributed by atoms with van der Waals surface area (Å²) < 4.78 is 10.4. The second-order valence-corrected chi connectivity index (χ2v) is 9.97. The number of carboxylic acids is 1. The highest BCUT2D eigenvalue weighted by atomic mass is 16.6. The number of aromatic amines is 1. The van der Waals surface area contributed by atoms with Crippen molar-refractivity contribution in [2.45, 2.75) is 6.92 Å². The van der Waals surface area contributed by atoms with Crippen molar-refractivity contribution in [2.75, 3.05) is 11.9 Å². The lowest BCUT2D eigenvalue weighted by molar-refractivity contribution is 0.0526. The number of carboxylic acid groups (broad SMARTS) is 1. The van der Waals surface area contributed by atoms with Gasteiger partial charge in [0.05, 0.1) is 29.1 Å². The average molecular weight is 599 g/mol. The Kier molecular flexibility index (Phi) is 8.02. The van der Waals surface area contributed by atoms with Crippen molar-refractivity contribution in [2.24, 2.45) is 0 Å². The Morgan fingerprint density at radius 1 is 0.800 bits per heavy atom. The second kappa shape index (κ2) is 12.5. The molecule has 0 aliphatic heterocycles. The number of ether oxygens (including phenoxy) is 2. The van der Waals surface area contributed by atoms with E-state index in [1.165, 1.54) is 18.2 Å². The van der Waals surface area contributed by atoms with Crippen molar-refractivity contribution in [3.63, 3.8) is 0 Å². The lowest BCUT2D eigenvalue weighted by Crippen LogP contribution is -2.18. The zero-order valence-electron chi connectivity index (χ0n) is 24.0. The van der Waals surface area contributed by atoms with Crippen LogP contribution in [0.15, 0.2) is 109 Å². The number of benzene rings is 4. The van der Waals surface area contributed by atoms with Gasteiger partial charge in [0.2, 0.25) is 0 Å². The van der Waals surface area contributed by atoms with E-state index in [9.17, 15) is 19.5 Å². The van der Waals surface area contributed by atoms with E-state index in [0.717, 1.165) is 44.7 Å². The summed E-state index contributed by atoms with van der Waals surface area (Å²) in [6.45, 7) is 1.76. The normalized spacial score (nSPS) is 10.8. The number of aromatic carboxylic acids is 1. The molecule has 222 valence electrons. The summed E-state index contributed by atoms with van der Waals surface area (Å²) >= 11 is 0. The van der Waals surface area contributed by atoms with Gasteiger partial charge in [-0.2, -0.15) is 0 Å². The van der Waals surface area contributed by atoms with Crippen LogP contribution in [0, 0.1) is 0 Å². The lowest BCUT2D eigenvalue weighted by Gasteiger charge is -2.10. The molecule has 0 spiro atoms. The number of H-pyrrole nitrogens is 1. The van der Waals surface area contributed by atoms with Crippen LogP contribution in [0.4, 0.5) is 10.5 Å². The van der Waals surface area contributed by atoms with Crippen LogP contribution in [0.2, 0.25) is 0 Å². The standard InChI is InChI=1S/C35H26N4O6/c1-2-44-34(42)27-17-26(33(40)41)18-28(19-27)37-35(43)45-29-11-10-23-16-25(9-8-24(23)20-29)31-30(21-12-14-36-15-13-21)38-32(39-31)22-6-4-3-5-7-22/h3-20H,2H2,1H3,(H,37,43)(H,38,39)(H,40,41). The minimum Gasteiger partial charge on any atom is -0.478 e. The highest BCUT2D eigenvalue weighted by Crippen LogP contribution is 2.35. The van der Waals surface area contributed by atoms with E-state index in [1.807, 2.05) is 66.7 Å². The van der Waals surface area contributed by atoms with Crippen molar-refractivity contribution in [3.8, 4) is 39.7 Å². The SMILES string of the molecule is CCOC(=O)c1cc(NC(=O)Oc2ccc3cc(-c4nc(-c5ccccc5)[nH]c4-c4ccncc4)ccc3c2)cc(C(=O)O)c1. The molecule has 1 amide bonds. The van der Waals surface area contributed by atoms with Crippen LogP contribution in [-0.2, 0) is 4.74 Å². The highest BCUT2D eigenvalue weighted by molar-refractivity contribution is 5.98. The summed E-state index contributed by atoms with van der Waals surface area (Å²) in [5.41, 5.74) is 4.35. The number of hydrogen-bond donors (Lipinski definition) is 3. The van der Waals surface area contributed by atoms with Gasteiger partial charge in [-0.25, -0.2) is 19.4 Å². The molecule has 2 heterocycles. The molecule has 0 bridgehead atoms. The molecule has 10 nitrogen and oxygen atoms in total. The van der Waals surface area contributed by atoms with E-state index < -0.39 is 18.0 Å². The molecule has 0 saturated heterocycles. The Morgan fingerprint density at radius 3 is 2.29 bits per heavy atom. The van der Waals surface area contributed by atoms with Crippen molar-refractivity contribution in [1.29, 1.82) is 0 Å². The fraction of sp³-hybridized carbons (Fsp3) is 0.0571. The Morgan fingerprint density at radius 2 is 1.53 bits per heavy atom. The molecule has 6 rings (SSSR count). The number of carbonyl (C=O) groups is 3. The van der Waals surface area contributed by atoms with Gasteiger partial charge in [-0.15, -0.1) is 0 Å². The number of hydrogen-bond acceptors (Lipinski definition) is 7. The number of amides is 1. The van der Waals surface area contributed by atoms with Crippen LogP contribution in [0.5, 0.6) is 5.75 Å². The number of aromatic nitrogens is 3. The van der Waals surface area contributed by atoms with E-state index in [1.54, 1.807) is 31.5 Å². The van der Waals surface area contributed by atoms with Gasteiger partial charge in [0.25, 0.3) is 0 Å². The van der Waals surface area contributed by atoms with Crippen molar-refractivity contribution in [3.05, 3.63) is 121 Å². The maximum atomic E-state index is 12.7. The third-order valence-electron chi connectivity index (χ3n) is 6.95. The van der Waals surface area contributed by atoms with Gasteiger partial charge in [-0.05, 0) is 66.2 Å². The van der Waals surface area contributed by atoms with Gasteiger partial charge in [0.1, 0.15) is 11.6 Å². The molecule has 0 aliphatic carbocycles. The van der Waals surface area contributed by atoms with Gasteiger partial charge < -0.3 is 19.6 Å². The van der Waals surface area contributed by atoms with Crippen LogP contribution in [0.1, 0.15) is 27.6 Å². The zero-order valence-corrected chi connectivity index (χ0v) is 24.0. The number of fused-ring (bicyclic) bond motifs is 1. The molecule has 45 heavy (non-hydrogen) atoms. The Labute approximate surface area is 257 Å². The van der Waals surface area contributed by atoms with E-state index in [0.29, 0.717) is 0 Å². The number of nitrogens with zero attached hydrogens (tertiary/aromatic N) is 2. The van der Waals surface area contributed by atoms with Crippen LogP contribution in [0.3, 0.4) is 0 Å². The van der Waals surface area contributed by atoms with E-state index in [4.69, 9.17) is 14.5 Å². The van der Waals surface area contributed by atoms with Crippen LogP contribution in [0.25, 0.3) is 44.7 Å². The van der Waals surface area contributed by atoms with Gasteiger partial charge in [-0.3, -0.25) is 10.3 Å². The van der Waals surface area contributed by atoms with Crippen LogP contribution >= 0.6 is 0 Å². The molecule has 6 aromatic rings. The summed E-state index contributed by atoms with van der Waals surface area (Å²) in [6, 6.07) is 28.6. The molecule has 0 fully saturated rings. The quantitative estimate of drug-likeness (QED) is 0.153. The van der Waals surface area contributed by atoms with E-state index >= 15 is 0 Å². The average Bonchev–Trinajstić information content (AvgIpc) is 3.51. The molecule has 10 heteroatoms. The Bertz CT molecular complexity index is 2040. The number of anilines is 1. The zero-order chi connectivity index (χ0) is 31.3. The van der Waals surface area contributed by atoms with Crippen molar-refractivity contribution in [1.82, 2.24) is 15.0 Å². The van der Waals surface area contributed by atoms with Gasteiger partial charge >= 0.3 is 18.0 Å². The molecule has 0 atom stereocenters. The number of imidazole rings is 1. The fourth-order valence-corrected chi connectivity index (χ4v) is 4.88. The Hall–Kier alpha value is -6.29. The largest absolute Gasteiger partial charge is 0.478 e. The maximum absolute atomic E-state index is 12.7. The molecule has 2 aromatic heterocycles. The monoisotopic (exact) mass is 598 g/mol. The van der Waals surface area contributed by atoms with Crippen molar-refractivity contribution >= 4 is 34.5 Å². The first-order valence-corrected chi connectivity index (χ1v) is 14.0. The molecule has 0 aliphatic rings. The summed E-state index contributed by atoms with van der Waals surface area (Å²) in [4.78, 5) is 49.0. The van der Waals surface area contributed by atoms with Gasteiger partial charge in [0.15, 0.2) is 0 Å². The third-order valence-corrected chi connectivity index (χ3v) is 6.95. The second-order valence-electron chi connectivity index (χ2n) is 9.97. The maximum Gasteiger partial charge on any atom is 0.417 e. The molecular formula is C35H26N4O6. The Balaban J connectivity index is 1.26. The minimum atomic E-state index is -1.26. The van der Waals surface area contributed by atoms with E-state index in [2.05, 4.69) is 15.3 Å². The highest BCUT2D eigenvalue weighted by Gasteiger charge is 2.17. The molecule has 0 saturated carbocycles. The predicted octanol–water partition coefficient (Wildman–Crippen LogP) is 7.44. The summed E-state index contributed by atoms with van der Waals surface area (Å²) in [5.74, 6) is -0.942. The predicted molar refractivity (Wildman–Crippen MR) is 169 cm³/mol. The number of pyridine rings is 1. The molecule has 0 unspecified atom stereocenters. The van der Waals surface area contributed by atoms with Crippen LogP contribution in [-0.4, -0.2) is 44.7 Å². The number of nitrogens with one attached hydrogen (secondary N) is 2. The molecule has 3 N–H and O–H groups in total. The first kappa shape index (κ1) is 28.8. The minimum absolute atomic E-state index is 0.00607. The van der Waals surface area contributed by atoms with Gasteiger partial charge in [0, 0.05) is 34.8 Å². The number of carbonyl (C=O) groups excluding carboxylic acids is 2. The topological polar surface area (TPSA) is 144 Å². The molecule has 0 radical (unpaired) electrons. The summed E-state index contributed by atoms with van der Waals surface area (Å²) in [5, 5.41) is 13.6. The van der Waals surface area contributed by atoms with Crippen molar-refractivity contribution < 1.29 is 29.0 Å². The molecular weight excluding hydrogens is 572 g/mol. The number of rotatable bonds is 8. The third kappa shape index (κ3) is 6.40. The first-order chi connectivity index (χ1) is 21.9. The summed E-state index contributed by atoms with van der Waals surface area (Å²) in [7, 11) is 0. The van der Waals surface area contributed by atoms with Gasteiger partial charge in [-0.1, -0.05) is 48.5 Å². The number of esters is 1. The van der Waals surface area contributed by atoms with Crippen LogP contribution < -0.4 is 10.1 Å². The van der Waals surface area contributed by atoms with E-state index in [-0.39, 0.29) is 29.2 Å². The molecule has 4 aromatic carbocycles. The lowest BCUT2D eigenvalue weighted by atomic mass is 10.0. The summed E-state index contributed by atoms with van der Waals surface area (Å²) in [6.07, 6.45) is 2.63.